The molecule has 1 aromatic carbocycles. The number of primary sulfonamides is 1. The predicted molar refractivity (Wildman–Crippen MR) is 82.5 cm³/mol. The Morgan fingerprint density at radius 2 is 2.14 bits per heavy atom. The third-order valence-corrected chi connectivity index (χ3v) is 6.03. The normalized spacial score (nSPS) is 14.2. The van der Waals surface area contributed by atoms with Crippen molar-refractivity contribution in [1.29, 1.82) is 0 Å². The molecule has 0 saturated carbocycles. The van der Waals surface area contributed by atoms with Gasteiger partial charge in [0.05, 0.1) is 5.69 Å². The predicted octanol–water partition coefficient (Wildman–Crippen LogP) is 1.31. The Bertz CT molecular complexity index is 783. The van der Waals surface area contributed by atoms with E-state index >= 15 is 0 Å². The van der Waals surface area contributed by atoms with E-state index in [1.165, 1.54) is 11.1 Å². The fourth-order valence-electron chi connectivity index (χ4n) is 2.36. The first-order valence-corrected chi connectivity index (χ1v) is 8.85. The number of benzene rings is 1. The maximum Gasteiger partial charge on any atom is 0.249 e. The molecule has 0 saturated heterocycles. The second-order valence-electron chi connectivity index (χ2n) is 5.00. The minimum atomic E-state index is -3.70. The van der Waals surface area contributed by atoms with Crippen molar-refractivity contribution in [3.05, 3.63) is 40.6 Å². The lowest BCUT2D eigenvalue weighted by Crippen LogP contribution is -2.11. The van der Waals surface area contributed by atoms with Crippen LogP contribution in [0.15, 0.2) is 22.4 Å². The van der Waals surface area contributed by atoms with Crippen molar-refractivity contribution in [2.75, 3.05) is 5.32 Å². The molecule has 112 valence electrons. The highest BCUT2D eigenvalue weighted by Crippen LogP contribution is 2.26. The summed E-state index contributed by atoms with van der Waals surface area (Å²) >= 11 is 1.06. The van der Waals surface area contributed by atoms with Crippen LogP contribution in [-0.4, -0.2) is 13.4 Å². The van der Waals surface area contributed by atoms with E-state index in [0.29, 0.717) is 17.4 Å². The van der Waals surface area contributed by atoms with Gasteiger partial charge in [0.2, 0.25) is 10.0 Å². The number of hydrogen-bond acceptors (Lipinski definition) is 6. The molecular weight excluding hydrogens is 308 g/mol. The van der Waals surface area contributed by atoms with Crippen molar-refractivity contribution in [1.82, 2.24) is 10.3 Å². The van der Waals surface area contributed by atoms with E-state index in [1.807, 2.05) is 0 Å². The quantitative estimate of drug-likeness (QED) is 0.788. The van der Waals surface area contributed by atoms with Gasteiger partial charge in [-0.25, -0.2) is 18.5 Å². The van der Waals surface area contributed by atoms with E-state index in [0.717, 1.165) is 30.0 Å². The maximum atomic E-state index is 11.4. The van der Waals surface area contributed by atoms with Gasteiger partial charge in [-0.15, -0.1) is 0 Å². The maximum absolute atomic E-state index is 11.4. The third kappa shape index (κ3) is 3.08. The van der Waals surface area contributed by atoms with Crippen molar-refractivity contribution < 1.29 is 8.42 Å². The Morgan fingerprint density at radius 3 is 2.86 bits per heavy atom. The van der Waals surface area contributed by atoms with E-state index < -0.39 is 10.0 Å². The molecule has 0 amide bonds. The highest BCUT2D eigenvalue weighted by atomic mass is 32.2. The van der Waals surface area contributed by atoms with Gasteiger partial charge in [0.25, 0.3) is 0 Å². The summed E-state index contributed by atoms with van der Waals surface area (Å²) in [6.45, 7) is 4.06. The molecule has 21 heavy (non-hydrogen) atoms. The Labute approximate surface area is 127 Å². The lowest BCUT2D eigenvalue weighted by Gasteiger charge is -2.05. The molecule has 6 nitrogen and oxygen atoms in total. The fraction of sp³-hybridized carbons (Fsp3) is 0.308. The molecule has 8 heteroatoms. The first-order chi connectivity index (χ1) is 9.93. The Hall–Kier alpha value is -1.48. The highest BCUT2D eigenvalue weighted by molar-refractivity contribution is 7.91. The van der Waals surface area contributed by atoms with Gasteiger partial charge in [-0.05, 0) is 23.6 Å². The summed E-state index contributed by atoms with van der Waals surface area (Å²) < 4.78 is 22.9. The molecule has 0 unspecified atom stereocenters. The van der Waals surface area contributed by atoms with Gasteiger partial charge in [-0.2, -0.15) is 0 Å². The van der Waals surface area contributed by atoms with Crippen LogP contribution in [0.4, 0.5) is 5.13 Å². The molecule has 2 aromatic rings. The summed E-state index contributed by atoms with van der Waals surface area (Å²) in [7, 11) is -3.70. The molecule has 0 radical (unpaired) electrons. The number of hydrogen-bond donors (Lipinski definition) is 3. The number of sulfonamides is 1. The van der Waals surface area contributed by atoms with E-state index in [9.17, 15) is 8.42 Å². The molecule has 1 aliphatic heterocycles. The largest absolute Gasteiger partial charge is 0.357 e. The summed E-state index contributed by atoms with van der Waals surface area (Å²) in [4.78, 5) is 4.20. The highest BCUT2D eigenvalue weighted by Gasteiger charge is 2.17. The molecular formula is C13H16N4O2S2. The van der Waals surface area contributed by atoms with Crippen LogP contribution in [0.25, 0.3) is 0 Å². The van der Waals surface area contributed by atoms with Crippen molar-refractivity contribution in [2.24, 2.45) is 5.14 Å². The summed E-state index contributed by atoms with van der Waals surface area (Å²) in [5.74, 6) is 0. The van der Waals surface area contributed by atoms with E-state index in [-0.39, 0.29) is 4.21 Å². The number of aromatic nitrogens is 1. The standard InChI is InChI=1S/C13H16N4O2S2/c1-8-12(21(14,18)19)20-13(17-8)16-5-9-2-3-10-6-15-7-11(10)4-9/h2-4,15H,5-7H2,1H3,(H,16,17)(H2,14,18,19). The van der Waals surface area contributed by atoms with Gasteiger partial charge < -0.3 is 10.6 Å². The van der Waals surface area contributed by atoms with Crippen LogP contribution >= 0.6 is 11.3 Å². The van der Waals surface area contributed by atoms with Crippen molar-refractivity contribution in [3.8, 4) is 0 Å². The van der Waals surface area contributed by atoms with E-state index in [1.54, 1.807) is 6.92 Å². The average Bonchev–Trinajstić information content (AvgIpc) is 3.01. The van der Waals surface area contributed by atoms with Gasteiger partial charge >= 0.3 is 0 Å². The topological polar surface area (TPSA) is 97.1 Å². The Morgan fingerprint density at radius 1 is 1.38 bits per heavy atom. The van der Waals surface area contributed by atoms with Gasteiger partial charge in [0, 0.05) is 19.6 Å². The minimum absolute atomic E-state index is 0.114. The summed E-state index contributed by atoms with van der Waals surface area (Å²) in [6.07, 6.45) is 0. The zero-order valence-electron chi connectivity index (χ0n) is 11.5. The van der Waals surface area contributed by atoms with Gasteiger partial charge in [0.1, 0.15) is 0 Å². The molecule has 0 bridgehead atoms. The number of rotatable bonds is 4. The van der Waals surface area contributed by atoms with Crippen LogP contribution in [0.3, 0.4) is 0 Å². The zero-order chi connectivity index (χ0) is 15.0. The molecule has 0 aliphatic carbocycles. The molecule has 1 aromatic heterocycles. The number of fused-ring (bicyclic) bond motifs is 1. The molecule has 0 atom stereocenters. The van der Waals surface area contributed by atoms with Crippen molar-refractivity contribution in [2.45, 2.75) is 30.8 Å². The lowest BCUT2D eigenvalue weighted by atomic mass is 10.1. The number of thiazole rings is 1. The van der Waals surface area contributed by atoms with Crippen LogP contribution in [-0.2, 0) is 29.7 Å². The zero-order valence-corrected chi connectivity index (χ0v) is 13.1. The van der Waals surface area contributed by atoms with E-state index in [2.05, 4.69) is 33.8 Å². The monoisotopic (exact) mass is 324 g/mol. The van der Waals surface area contributed by atoms with Crippen LogP contribution in [0.1, 0.15) is 22.4 Å². The van der Waals surface area contributed by atoms with Gasteiger partial charge in [-0.1, -0.05) is 29.5 Å². The number of aryl methyl sites for hydroxylation is 1. The number of nitrogens with one attached hydrogen (secondary N) is 2. The molecule has 1 aliphatic rings. The average molecular weight is 324 g/mol. The molecule has 0 fully saturated rings. The second-order valence-corrected chi connectivity index (χ2v) is 7.75. The fourth-order valence-corrected chi connectivity index (χ4v) is 4.21. The Balaban J connectivity index is 1.73. The van der Waals surface area contributed by atoms with Gasteiger partial charge in [0.15, 0.2) is 9.34 Å². The summed E-state index contributed by atoms with van der Waals surface area (Å²) in [5, 5.41) is 12.2. The van der Waals surface area contributed by atoms with Crippen LogP contribution < -0.4 is 15.8 Å². The molecule has 3 rings (SSSR count). The van der Waals surface area contributed by atoms with Gasteiger partial charge in [-0.3, -0.25) is 0 Å². The molecule has 0 spiro atoms. The summed E-state index contributed by atoms with van der Waals surface area (Å²) in [6, 6.07) is 6.35. The first kappa shape index (κ1) is 14.5. The van der Waals surface area contributed by atoms with Crippen molar-refractivity contribution >= 4 is 26.5 Å². The molecule has 4 N–H and O–H groups in total. The van der Waals surface area contributed by atoms with Crippen LogP contribution in [0.5, 0.6) is 0 Å². The Kier molecular flexibility index (Phi) is 3.70. The minimum Gasteiger partial charge on any atom is -0.357 e. The van der Waals surface area contributed by atoms with Crippen LogP contribution in [0.2, 0.25) is 0 Å². The number of nitrogens with two attached hydrogens (primary N) is 1. The van der Waals surface area contributed by atoms with Crippen molar-refractivity contribution in [3.63, 3.8) is 0 Å². The second kappa shape index (κ2) is 5.38. The van der Waals surface area contributed by atoms with E-state index in [4.69, 9.17) is 5.14 Å². The lowest BCUT2D eigenvalue weighted by molar-refractivity contribution is 0.599. The first-order valence-electron chi connectivity index (χ1n) is 6.49. The third-order valence-electron chi connectivity index (χ3n) is 3.36. The summed E-state index contributed by atoms with van der Waals surface area (Å²) in [5.41, 5.74) is 4.22. The van der Waals surface area contributed by atoms with Crippen LogP contribution in [0, 0.1) is 6.92 Å². The smallest absolute Gasteiger partial charge is 0.249 e. The number of nitrogens with zero attached hydrogens (tertiary/aromatic N) is 1. The number of anilines is 1. The molecule has 2 heterocycles. The SMILES string of the molecule is Cc1nc(NCc2ccc3c(c2)CNC3)sc1S(N)(=O)=O.